The number of pyridine rings is 1. The van der Waals surface area contributed by atoms with Gasteiger partial charge in [0.15, 0.2) is 0 Å². The molecule has 0 radical (unpaired) electrons. The Labute approximate surface area is 167 Å². The number of amides is 1. The molecule has 1 fully saturated rings. The van der Waals surface area contributed by atoms with Gasteiger partial charge in [-0.1, -0.05) is 24.3 Å². The third kappa shape index (κ3) is 3.25. The van der Waals surface area contributed by atoms with Crippen molar-refractivity contribution in [1.29, 1.82) is 0 Å². The summed E-state index contributed by atoms with van der Waals surface area (Å²) in [5, 5.41) is 11.0. The Hall–Kier alpha value is -3.93. The number of benzene rings is 2. The number of nitrogens with zero attached hydrogens (tertiary/aromatic N) is 2. The predicted molar refractivity (Wildman–Crippen MR) is 108 cm³/mol. The van der Waals surface area contributed by atoms with Gasteiger partial charge in [0, 0.05) is 17.4 Å². The van der Waals surface area contributed by atoms with Crippen molar-refractivity contribution in [3.05, 3.63) is 95.8 Å². The van der Waals surface area contributed by atoms with Gasteiger partial charge in [0.25, 0.3) is 11.7 Å². The number of Topliss-reactive ketones (excluding diaryl/α,β-unsaturated/α-hetero) is 1. The van der Waals surface area contributed by atoms with Crippen LogP contribution in [0.3, 0.4) is 0 Å². The van der Waals surface area contributed by atoms with Crippen molar-refractivity contribution in [2.75, 3.05) is 12.0 Å². The molecule has 4 rings (SSSR count). The molecule has 1 atom stereocenters. The third-order valence-corrected chi connectivity index (χ3v) is 4.81. The fourth-order valence-corrected chi connectivity index (χ4v) is 3.41. The van der Waals surface area contributed by atoms with Crippen LogP contribution < -0.4 is 9.64 Å². The molecule has 1 amide bonds. The van der Waals surface area contributed by atoms with E-state index < -0.39 is 17.7 Å². The van der Waals surface area contributed by atoms with Crippen LogP contribution in [-0.4, -0.2) is 28.9 Å². The topological polar surface area (TPSA) is 79.7 Å². The average molecular weight is 386 g/mol. The van der Waals surface area contributed by atoms with Gasteiger partial charge in [-0.2, -0.15) is 0 Å². The Balaban J connectivity index is 1.91. The molecule has 0 aliphatic carbocycles. The molecule has 1 aliphatic heterocycles. The van der Waals surface area contributed by atoms with Crippen molar-refractivity contribution in [3.63, 3.8) is 0 Å². The van der Waals surface area contributed by atoms with Gasteiger partial charge >= 0.3 is 0 Å². The maximum Gasteiger partial charge on any atom is 0.300 e. The number of carbonyl (C=O) groups is 2. The quantitative estimate of drug-likeness (QED) is 0.420. The summed E-state index contributed by atoms with van der Waals surface area (Å²) in [6.07, 6.45) is 1.59. The first-order valence-electron chi connectivity index (χ1n) is 9.03. The zero-order valence-electron chi connectivity index (χ0n) is 15.6. The van der Waals surface area contributed by atoms with E-state index in [2.05, 4.69) is 4.98 Å². The average Bonchev–Trinajstić information content (AvgIpc) is 3.05. The van der Waals surface area contributed by atoms with E-state index in [-0.39, 0.29) is 11.3 Å². The molecule has 3 aromatic rings. The maximum atomic E-state index is 12.9. The van der Waals surface area contributed by atoms with E-state index in [0.717, 1.165) is 0 Å². The fourth-order valence-electron chi connectivity index (χ4n) is 3.41. The van der Waals surface area contributed by atoms with Crippen molar-refractivity contribution < 1.29 is 19.4 Å². The summed E-state index contributed by atoms with van der Waals surface area (Å²) < 4.78 is 5.14. The number of aliphatic hydroxyl groups excluding tert-OH is 1. The zero-order valence-corrected chi connectivity index (χ0v) is 15.6. The van der Waals surface area contributed by atoms with Crippen molar-refractivity contribution in [1.82, 2.24) is 4.98 Å². The predicted octanol–water partition coefficient (Wildman–Crippen LogP) is 3.72. The molecule has 144 valence electrons. The summed E-state index contributed by atoms with van der Waals surface area (Å²) in [5.41, 5.74) is 1.46. The largest absolute Gasteiger partial charge is 0.507 e. The number of anilines is 1. The number of aliphatic hydroxyl groups is 1. The van der Waals surface area contributed by atoms with E-state index in [0.29, 0.717) is 22.7 Å². The van der Waals surface area contributed by atoms with E-state index in [1.54, 1.807) is 80.0 Å². The van der Waals surface area contributed by atoms with Crippen molar-refractivity contribution in [2.24, 2.45) is 0 Å². The molecule has 6 heteroatoms. The highest BCUT2D eigenvalue weighted by Gasteiger charge is 2.47. The van der Waals surface area contributed by atoms with Crippen LogP contribution in [0.4, 0.5) is 5.69 Å². The molecule has 1 N–H and O–H groups in total. The summed E-state index contributed by atoms with van der Waals surface area (Å²) in [5.74, 6) is -1.09. The summed E-state index contributed by atoms with van der Waals surface area (Å²) in [6.45, 7) is 0. The number of methoxy groups -OCH3 is 1. The molecule has 2 heterocycles. The number of ketones is 1. The molecule has 1 saturated heterocycles. The Kier molecular flexibility index (Phi) is 4.83. The molecule has 0 bridgehead atoms. The molecule has 2 aromatic carbocycles. The second-order valence-electron chi connectivity index (χ2n) is 6.49. The van der Waals surface area contributed by atoms with Crippen molar-refractivity contribution >= 4 is 23.1 Å². The Morgan fingerprint density at radius 1 is 0.966 bits per heavy atom. The minimum absolute atomic E-state index is 0.00252. The van der Waals surface area contributed by atoms with Crippen LogP contribution in [-0.2, 0) is 9.59 Å². The normalized spacial score (nSPS) is 18.1. The molecule has 0 spiro atoms. The van der Waals surface area contributed by atoms with Crippen LogP contribution in [0.2, 0.25) is 0 Å². The Morgan fingerprint density at radius 3 is 2.28 bits per heavy atom. The molecule has 0 saturated carbocycles. The lowest BCUT2D eigenvalue weighted by atomic mass is 9.98. The lowest BCUT2D eigenvalue weighted by Gasteiger charge is -2.24. The molecular formula is C23H18N2O4. The van der Waals surface area contributed by atoms with Gasteiger partial charge in [-0.3, -0.25) is 19.5 Å². The Bertz CT molecular complexity index is 1080. The monoisotopic (exact) mass is 386 g/mol. The van der Waals surface area contributed by atoms with E-state index in [1.807, 2.05) is 6.07 Å². The summed E-state index contributed by atoms with van der Waals surface area (Å²) in [6, 6.07) is 19.9. The molecule has 29 heavy (non-hydrogen) atoms. The SMILES string of the molecule is COc1ccc(/C(O)=C2/C(=O)C(=O)N(c3ccccc3)C2c2ccccn2)cc1. The van der Waals surface area contributed by atoms with E-state index >= 15 is 0 Å². The molecule has 1 aliphatic rings. The first-order valence-corrected chi connectivity index (χ1v) is 9.03. The van der Waals surface area contributed by atoms with Gasteiger partial charge < -0.3 is 9.84 Å². The number of hydrogen-bond donors (Lipinski definition) is 1. The van der Waals surface area contributed by atoms with E-state index in [1.165, 1.54) is 4.90 Å². The van der Waals surface area contributed by atoms with Gasteiger partial charge in [0.2, 0.25) is 0 Å². The van der Waals surface area contributed by atoms with Crippen LogP contribution in [0.5, 0.6) is 5.75 Å². The Morgan fingerprint density at radius 2 is 1.66 bits per heavy atom. The zero-order chi connectivity index (χ0) is 20.4. The van der Waals surface area contributed by atoms with Crippen molar-refractivity contribution in [3.8, 4) is 5.75 Å². The van der Waals surface area contributed by atoms with Gasteiger partial charge in [0.1, 0.15) is 17.6 Å². The standard InChI is InChI=1S/C23H18N2O4/c1-29-17-12-10-15(11-13-17)21(26)19-20(18-9-5-6-14-24-18)25(23(28)22(19)27)16-7-3-2-4-8-16/h2-14,20,26H,1H3/b21-19-. The minimum Gasteiger partial charge on any atom is -0.507 e. The first-order chi connectivity index (χ1) is 14.1. The second kappa shape index (κ2) is 7.59. The lowest BCUT2D eigenvalue weighted by molar-refractivity contribution is -0.132. The van der Waals surface area contributed by atoms with Crippen LogP contribution >= 0.6 is 0 Å². The van der Waals surface area contributed by atoms with Crippen molar-refractivity contribution in [2.45, 2.75) is 6.04 Å². The highest BCUT2D eigenvalue weighted by Crippen LogP contribution is 2.41. The van der Waals surface area contributed by atoms with E-state index in [4.69, 9.17) is 4.74 Å². The minimum atomic E-state index is -0.833. The summed E-state index contributed by atoms with van der Waals surface area (Å²) in [7, 11) is 1.54. The first kappa shape index (κ1) is 18.4. The smallest absolute Gasteiger partial charge is 0.300 e. The summed E-state index contributed by atoms with van der Waals surface area (Å²) in [4.78, 5) is 31.6. The molecule has 1 unspecified atom stereocenters. The summed E-state index contributed by atoms with van der Waals surface area (Å²) >= 11 is 0. The van der Waals surface area contributed by atoms with Crippen LogP contribution in [0.15, 0.2) is 84.6 Å². The molecular weight excluding hydrogens is 368 g/mol. The number of aromatic nitrogens is 1. The third-order valence-electron chi connectivity index (χ3n) is 4.81. The van der Waals surface area contributed by atoms with Crippen LogP contribution in [0, 0.1) is 0 Å². The van der Waals surface area contributed by atoms with Crippen LogP contribution in [0.1, 0.15) is 17.3 Å². The number of para-hydroxylation sites is 1. The highest BCUT2D eigenvalue weighted by atomic mass is 16.5. The molecule has 1 aromatic heterocycles. The van der Waals surface area contributed by atoms with Gasteiger partial charge in [-0.05, 0) is 48.5 Å². The van der Waals surface area contributed by atoms with Crippen LogP contribution in [0.25, 0.3) is 5.76 Å². The number of carbonyl (C=O) groups excluding carboxylic acids is 2. The lowest BCUT2D eigenvalue weighted by Crippen LogP contribution is -2.29. The van der Waals surface area contributed by atoms with Gasteiger partial charge in [-0.15, -0.1) is 0 Å². The number of ether oxygens (including phenoxy) is 1. The van der Waals surface area contributed by atoms with Gasteiger partial charge in [-0.25, -0.2) is 0 Å². The fraction of sp³-hybridized carbons (Fsp3) is 0.0870. The maximum absolute atomic E-state index is 12.9. The van der Waals surface area contributed by atoms with E-state index in [9.17, 15) is 14.7 Å². The highest BCUT2D eigenvalue weighted by molar-refractivity contribution is 6.51. The van der Waals surface area contributed by atoms with Gasteiger partial charge in [0.05, 0.1) is 18.4 Å². The number of rotatable bonds is 4. The second-order valence-corrected chi connectivity index (χ2v) is 6.49. The molecule has 6 nitrogen and oxygen atoms in total. The number of hydrogen-bond acceptors (Lipinski definition) is 5.